The highest BCUT2D eigenvalue weighted by Gasteiger charge is 2.66. The van der Waals surface area contributed by atoms with E-state index >= 15 is 0 Å². The lowest BCUT2D eigenvalue weighted by Gasteiger charge is -2.58. The standard InChI is InChI=1S/C35H45NO8/c1-33-15-12-25(37)19-24(33)8-9-26-27(33)13-16-34(2)28(26)14-17-35(34,43)29(38)21-44-32(42)11-10-30(39)36-20-23(18-31(40)41)22-6-4-3-5-7-22/h3-7,19,23,26-28,43H,8-18,20-21H2,1-2H3,(H,36,39)(H,40,41)/t23-,26+,27-,28-,33-,34-,35-/m0/s1. The van der Waals surface area contributed by atoms with E-state index in [0.717, 1.165) is 37.7 Å². The summed E-state index contributed by atoms with van der Waals surface area (Å²) in [5.41, 5.74) is -0.100. The van der Waals surface area contributed by atoms with Gasteiger partial charge in [0.2, 0.25) is 11.7 Å². The van der Waals surface area contributed by atoms with E-state index in [-0.39, 0.29) is 42.9 Å². The number of rotatable bonds is 11. The Bertz CT molecular complexity index is 1340. The Morgan fingerprint density at radius 3 is 2.43 bits per heavy atom. The van der Waals surface area contributed by atoms with Gasteiger partial charge in [-0.2, -0.15) is 0 Å². The molecule has 7 atom stereocenters. The number of nitrogens with one attached hydrogen (secondary N) is 1. The van der Waals surface area contributed by atoms with Crippen molar-refractivity contribution in [2.24, 2.45) is 28.6 Å². The van der Waals surface area contributed by atoms with Crippen molar-refractivity contribution in [2.45, 2.75) is 96.0 Å². The number of hydrogen-bond donors (Lipinski definition) is 3. The lowest BCUT2D eigenvalue weighted by molar-refractivity contribution is -0.170. The third kappa shape index (κ3) is 6.00. The number of benzene rings is 1. The van der Waals surface area contributed by atoms with Crippen LogP contribution in [0.5, 0.6) is 0 Å². The number of aliphatic hydroxyl groups is 1. The van der Waals surface area contributed by atoms with Gasteiger partial charge in [0.25, 0.3) is 0 Å². The number of esters is 1. The molecule has 9 nitrogen and oxygen atoms in total. The van der Waals surface area contributed by atoms with Crippen molar-refractivity contribution < 1.29 is 38.9 Å². The molecule has 1 amide bonds. The Kier molecular flexibility index (Phi) is 9.17. The van der Waals surface area contributed by atoms with Crippen LogP contribution in [-0.4, -0.2) is 58.4 Å². The molecule has 238 valence electrons. The quantitative estimate of drug-likeness (QED) is 0.311. The van der Waals surface area contributed by atoms with Gasteiger partial charge in [0.1, 0.15) is 5.60 Å². The lowest BCUT2D eigenvalue weighted by atomic mass is 9.46. The van der Waals surface area contributed by atoms with Gasteiger partial charge in [0.15, 0.2) is 12.4 Å². The number of amides is 1. The Morgan fingerprint density at radius 2 is 1.70 bits per heavy atom. The van der Waals surface area contributed by atoms with E-state index in [4.69, 9.17) is 4.74 Å². The van der Waals surface area contributed by atoms with Gasteiger partial charge in [-0.3, -0.25) is 24.0 Å². The third-order valence-electron chi connectivity index (χ3n) is 11.7. The molecule has 1 aromatic rings. The van der Waals surface area contributed by atoms with Crippen molar-refractivity contribution in [2.75, 3.05) is 13.2 Å². The fraction of sp³-hybridized carbons (Fsp3) is 0.629. The van der Waals surface area contributed by atoms with Gasteiger partial charge in [-0.05, 0) is 79.8 Å². The van der Waals surface area contributed by atoms with Gasteiger partial charge < -0.3 is 20.3 Å². The van der Waals surface area contributed by atoms with Crippen LogP contribution in [0.4, 0.5) is 0 Å². The van der Waals surface area contributed by atoms with Crippen molar-refractivity contribution in [1.29, 1.82) is 0 Å². The van der Waals surface area contributed by atoms with Crippen LogP contribution in [0.2, 0.25) is 0 Å². The molecule has 0 saturated heterocycles. The second kappa shape index (κ2) is 12.6. The van der Waals surface area contributed by atoms with Crippen molar-refractivity contribution >= 4 is 29.4 Å². The van der Waals surface area contributed by atoms with Crippen LogP contribution >= 0.6 is 0 Å². The van der Waals surface area contributed by atoms with Crippen molar-refractivity contribution in [3.63, 3.8) is 0 Å². The molecular weight excluding hydrogens is 562 g/mol. The zero-order valence-corrected chi connectivity index (χ0v) is 25.8. The summed E-state index contributed by atoms with van der Waals surface area (Å²) in [6, 6.07) is 9.06. The first-order valence-electron chi connectivity index (χ1n) is 16.1. The van der Waals surface area contributed by atoms with Crippen molar-refractivity contribution in [3.8, 4) is 0 Å². The summed E-state index contributed by atoms with van der Waals surface area (Å²) < 4.78 is 5.26. The number of aliphatic carboxylic acids is 1. The Labute approximate surface area is 258 Å². The molecular formula is C35H45NO8. The highest BCUT2D eigenvalue weighted by molar-refractivity contribution is 5.92. The Morgan fingerprint density at radius 1 is 0.977 bits per heavy atom. The van der Waals surface area contributed by atoms with Crippen LogP contribution in [0.25, 0.3) is 0 Å². The molecule has 3 N–H and O–H groups in total. The molecule has 1 aromatic carbocycles. The van der Waals surface area contributed by atoms with Crippen LogP contribution in [0.15, 0.2) is 42.0 Å². The number of allylic oxidation sites excluding steroid dienone is 1. The number of ether oxygens (including phenoxy) is 1. The molecule has 5 rings (SSSR count). The molecule has 3 fully saturated rings. The van der Waals surface area contributed by atoms with Gasteiger partial charge in [-0.25, -0.2) is 0 Å². The largest absolute Gasteiger partial charge is 0.481 e. The van der Waals surface area contributed by atoms with E-state index in [9.17, 15) is 34.2 Å². The van der Waals surface area contributed by atoms with Crippen LogP contribution in [-0.2, 0) is 28.7 Å². The molecule has 3 saturated carbocycles. The minimum Gasteiger partial charge on any atom is -0.481 e. The molecule has 44 heavy (non-hydrogen) atoms. The molecule has 0 unspecified atom stereocenters. The average molecular weight is 608 g/mol. The predicted molar refractivity (Wildman–Crippen MR) is 161 cm³/mol. The maximum absolute atomic E-state index is 13.5. The molecule has 0 aliphatic heterocycles. The molecule has 0 radical (unpaired) electrons. The van der Waals surface area contributed by atoms with Gasteiger partial charge in [0.05, 0.1) is 12.8 Å². The summed E-state index contributed by atoms with van der Waals surface area (Å²) >= 11 is 0. The molecule has 0 spiro atoms. The normalized spacial score (nSPS) is 33.2. The fourth-order valence-electron chi connectivity index (χ4n) is 9.16. The molecule has 4 aliphatic carbocycles. The molecule has 0 bridgehead atoms. The second-order valence-corrected chi connectivity index (χ2v) is 13.9. The molecule has 0 heterocycles. The summed E-state index contributed by atoms with van der Waals surface area (Å²) in [5.74, 6) is -1.75. The minimum absolute atomic E-state index is 0.00338. The SMILES string of the molecule is C[C@]12CCC(=O)C=C1CC[C@@H]1[C@@H]2CC[C@@]2(C)[C@H]1CC[C@]2(O)C(=O)COC(=O)CCC(=O)NC[C@H](CC(=O)O)c1ccccc1. The summed E-state index contributed by atoms with van der Waals surface area (Å²) in [4.78, 5) is 61.7. The first-order chi connectivity index (χ1) is 20.9. The minimum atomic E-state index is -1.57. The van der Waals surface area contributed by atoms with E-state index in [1.54, 1.807) is 12.1 Å². The number of Topliss-reactive ketones (excluding diaryl/α,β-unsaturated/α-hetero) is 1. The van der Waals surface area contributed by atoms with E-state index < -0.39 is 47.2 Å². The second-order valence-electron chi connectivity index (χ2n) is 13.9. The van der Waals surface area contributed by atoms with Crippen LogP contribution < -0.4 is 5.32 Å². The van der Waals surface area contributed by atoms with Crippen LogP contribution in [0.3, 0.4) is 0 Å². The highest BCUT2D eigenvalue weighted by atomic mass is 16.5. The van der Waals surface area contributed by atoms with E-state index in [2.05, 4.69) is 12.2 Å². The number of carbonyl (C=O) groups is 5. The smallest absolute Gasteiger partial charge is 0.306 e. The van der Waals surface area contributed by atoms with Gasteiger partial charge in [-0.15, -0.1) is 0 Å². The Hall–Kier alpha value is -3.33. The van der Waals surface area contributed by atoms with Crippen LogP contribution in [0.1, 0.15) is 96.0 Å². The number of hydrogen-bond acceptors (Lipinski definition) is 7. The van der Waals surface area contributed by atoms with E-state index in [0.29, 0.717) is 31.1 Å². The van der Waals surface area contributed by atoms with Crippen molar-refractivity contribution in [3.05, 3.63) is 47.5 Å². The maximum atomic E-state index is 13.5. The van der Waals surface area contributed by atoms with Crippen molar-refractivity contribution in [1.82, 2.24) is 5.32 Å². The van der Waals surface area contributed by atoms with Gasteiger partial charge >= 0.3 is 11.9 Å². The Balaban J connectivity index is 1.12. The number of carboxylic acids is 1. The lowest BCUT2D eigenvalue weighted by Crippen LogP contribution is -2.58. The zero-order valence-electron chi connectivity index (χ0n) is 25.8. The van der Waals surface area contributed by atoms with E-state index in [1.165, 1.54) is 5.57 Å². The van der Waals surface area contributed by atoms with Gasteiger partial charge in [-0.1, -0.05) is 49.8 Å². The first kappa shape index (κ1) is 32.1. The number of fused-ring (bicyclic) bond motifs is 5. The van der Waals surface area contributed by atoms with E-state index in [1.807, 2.05) is 31.2 Å². The summed E-state index contributed by atoms with van der Waals surface area (Å²) in [5, 5.41) is 23.8. The molecule has 0 aromatic heterocycles. The first-order valence-corrected chi connectivity index (χ1v) is 16.1. The summed E-state index contributed by atoms with van der Waals surface area (Å²) in [6.45, 7) is 3.91. The third-order valence-corrected chi connectivity index (χ3v) is 11.7. The van der Waals surface area contributed by atoms with Gasteiger partial charge in [0, 0.05) is 30.7 Å². The maximum Gasteiger partial charge on any atom is 0.306 e. The summed E-state index contributed by atoms with van der Waals surface area (Å²) in [7, 11) is 0. The number of carbonyl (C=O) groups excluding carboxylic acids is 4. The zero-order chi connectivity index (χ0) is 31.7. The molecule has 9 heteroatoms. The highest BCUT2D eigenvalue weighted by Crippen LogP contribution is 2.67. The van der Waals surface area contributed by atoms with Crippen LogP contribution in [0, 0.1) is 28.6 Å². The fourth-order valence-corrected chi connectivity index (χ4v) is 9.16. The number of carboxylic acid groups (broad SMARTS) is 1. The molecule has 4 aliphatic rings. The topological polar surface area (TPSA) is 147 Å². The number of ketones is 2. The monoisotopic (exact) mass is 607 g/mol. The average Bonchev–Trinajstić information content (AvgIpc) is 3.28. The predicted octanol–water partition coefficient (Wildman–Crippen LogP) is 4.52. The summed E-state index contributed by atoms with van der Waals surface area (Å²) in [6.07, 6.45) is 7.33.